The molecule has 1 aromatic carbocycles. The molecule has 4 heteroatoms. The topological polar surface area (TPSA) is 50.4 Å². The predicted molar refractivity (Wildman–Crippen MR) is 71.7 cm³/mol. The number of hydrogen-bond acceptors (Lipinski definition) is 3. The summed E-state index contributed by atoms with van der Waals surface area (Å²) in [5.74, 6) is 0.0395. The molecule has 98 valence electrons. The molecule has 0 unspecified atom stereocenters. The molecule has 1 aliphatic carbocycles. The summed E-state index contributed by atoms with van der Waals surface area (Å²) in [5.41, 5.74) is 2.14. The number of benzene rings is 1. The van der Waals surface area contributed by atoms with Crippen LogP contribution in [0.2, 0.25) is 0 Å². The van der Waals surface area contributed by atoms with Crippen molar-refractivity contribution in [2.24, 2.45) is 0 Å². The molecule has 0 bridgehead atoms. The fourth-order valence-corrected chi connectivity index (χ4v) is 2.10. The van der Waals surface area contributed by atoms with E-state index in [4.69, 9.17) is 4.74 Å². The Morgan fingerprint density at radius 2 is 2.00 bits per heavy atom. The van der Waals surface area contributed by atoms with Crippen LogP contribution in [0.15, 0.2) is 24.3 Å². The molecule has 4 nitrogen and oxygen atoms in total. The van der Waals surface area contributed by atoms with Gasteiger partial charge in [-0.05, 0) is 30.5 Å². The number of likely N-dealkylation sites (N-methyl/N-ethyl adjacent to an activating group) is 1. The molecular formula is C14H20N2O2. The summed E-state index contributed by atoms with van der Waals surface area (Å²) >= 11 is 0. The molecule has 0 atom stereocenters. The lowest BCUT2D eigenvalue weighted by molar-refractivity contribution is -0.119. The molecule has 1 aromatic rings. The zero-order valence-electron chi connectivity index (χ0n) is 10.9. The van der Waals surface area contributed by atoms with Crippen molar-refractivity contribution in [3.63, 3.8) is 0 Å². The minimum Gasteiger partial charge on any atom is -0.382 e. The van der Waals surface area contributed by atoms with Crippen LogP contribution in [0.5, 0.6) is 0 Å². The van der Waals surface area contributed by atoms with Crippen molar-refractivity contribution in [2.75, 3.05) is 19.5 Å². The number of carbonyl (C=O) groups is 1. The Hall–Kier alpha value is -1.55. The average molecular weight is 248 g/mol. The lowest BCUT2D eigenvalue weighted by atomic mass is 9.89. The summed E-state index contributed by atoms with van der Waals surface area (Å²) in [6.45, 7) is 0. The van der Waals surface area contributed by atoms with Crippen molar-refractivity contribution in [1.29, 1.82) is 0 Å². The second kappa shape index (κ2) is 5.87. The molecule has 18 heavy (non-hydrogen) atoms. The van der Waals surface area contributed by atoms with Gasteiger partial charge in [0.15, 0.2) is 0 Å². The van der Waals surface area contributed by atoms with Crippen molar-refractivity contribution in [3.8, 4) is 0 Å². The molecule has 0 saturated heterocycles. The van der Waals surface area contributed by atoms with E-state index in [2.05, 4.69) is 10.6 Å². The monoisotopic (exact) mass is 248 g/mol. The summed E-state index contributed by atoms with van der Waals surface area (Å²) in [6.07, 6.45) is 2.98. The number of methoxy groups -OCH3 is 1. The molecule has 0 spiro atoms. The van der Waals surface area contributed by atoms with E-state index in [1.54, 1.807) is 14.2 Å². The number of carbonyl (C=O) groups excluding carboxylic acids is 1. The van der Waals surface area contributed by atoms with E-state index in [1.807, 2.05) is 24.3 Å². The van der Waals surface area contributed by atoms with E-state index in [9.17, 15) is 4.79 Å². The number of rotatable bonds is 5. The summed E-state index contributed by atoms with van der Waals surface area (Å²) in [5, 5.41) is 6.08. The Morgan fingerprint density at radius 1 is 1.33 bits per heavy atom. The van der Waals surface area contributed by atoms with Crippen LogP contribution in [-0.4, -0.2) is 32.2 Å². The third-order valence-corrected chi connectivity index (χ3v) is 3.40. The third-order valence-electron chi connectivity index (χ3n) is 3.40. The number of amides is 1. The van der Waals surface area contributed by atoms with Crippen molar-refractivity contribution < 1.29 is 9.53 Å². The number of nitrogens with one attached hydrogen (secondary N) is 2. The number of anilines is 1. The van der Waals surface area contributed by atoms with Crippen molar-refractivity contribution in [2.45, 2.75) is 31.4 Å². The highest BCUT2D eigenvalue weighted by atomic mass is 16.5. The summed E-state index contributed by atoms with van der Waals surface area (Å²) in [6, 6.07) is 8.55. The Kier molecular flexibility index (Phi) is 4.20. The van der Waals surface area contributed by atoms with E-state index in [0.29, 0.717) is 18.6 Å². The normalized spacial score (nSPS) is 22.1. The van der Waals surface area contributed by atoms with E-state index >= 15 is 0 Å². The first-order chi connectivity index (χ1) is 8.71. The standard InChI is InChI=1S/C14H20N2O2/c1-15-14(17)7-10-3-5-11(6-4-10)16-12-8-13(9-12)18-2/h3-6,12-13,16H,7-9H2,1-2H3,(H,15,17). The molecule has 0 heterocycles. The minimum atomic E-state index is 0.0395. The summed E-state index contributed by atoms with van der Waals surface area (Å²) in [4.78, 5) is 11.2. The summed E-state index contributed by atoms with van der Waals surface area (Å²) < 4.78 is 5.24. The predicted octanol–water partition coefficient (Wildman–Crippen LogP) is 1.56. The van der Waals surface area contributed by atoms with Crippen LogP contribution in [0.1, 0.15) is 18.4 Å². The zero-order chi connectivity index (χ0) is 13.0. The highest BCUT2D eigenvalue weighted by Crippen LogP contribution is 2.26. The Balaban J connectivity index is 1.83. The fourth-order valence-electron chi connectivity index (χ4n) is 2.10. The van der Waals surface area contributed by atoms with Crippen molar-refractivity contribution in [3.05, 3.63) is 29.8 Å². The van der Waals surface area contributed by atoms with Gasteiger partial charge in [-0.3, -0.25) is 4.79 Å². The van der Waals surface area contributed by atoms with Crippen LogP contribution >= 0.6 is 0 Å². The molecule has 0 aromatic heterocycles. The van der Waals surface area contributed by atoms with Gasteiger partial charge in [0, 0.05) is 25.9 Å². The molecule has 0 aliphatic heterocycles. The Morgan fingerprint density at radius 3 is 2.56 bits per heavy atom. The quantitative estimate of drug-likeness (QED) is 0.831. The zero-order valence-corrected chi connectivity index (χ0v) is 10.9. The van der Waals surface area contributed by atoms with Crippen LogP contribution in [0.25, 0.3) is 0 Å². The van der Waals surface area contributed by atoms with Crippen LogP contribution in [0.3, 0.4) is 0 Å². The van der Waals surface area contributed by atoms with Gasteiger partial charge < -0.3 is 15.4 Å². The van der Waals surface area contributed by atoms with Gasteiger partial charge in [-0.1, -0.05) is 12.1 Å². The maximum Gasteiger partial charge on any atom is 0.224 e. The van der Waals surface area contributed by atoms with Gasteiger partial charge in [-0.15, -0.1) is 0 Å². The van der Waals surface area contributed by atoms with Crippen molar-refractivity contribution in [1.82, 2.24) is 5.32 Å². The molecule has 1 saturated carbocycles. The van der Waals surface area contributed by atoms with Crippen LogP contribution in [-0.2, 0) is 16.0 Å². The van der Waals surface area contributed by atoms with Gasteiger partial charge >= 0.3 is 0 Å². The molecule has 1 amide bonds. The lowest BCUT2D eigenvalue weighted by Crippen LogP contribution is -2.40. The van der Waals surface area contributed by atoms with Gasteiger partial charge in [0.25, 0.3) is 0 Å². The second-order valence-electron chi connectivity index (χ2n) is 4.72. The van der Waals surface area contributed by atoms with Gasteiger partial charge in [0.05, 0.1) is 12.5 Å². The van der Waals surface area contributed by atoms with E-state index in [1.165, 1.54) is 0 Å². The molecule has 2 N–H and O–H groups in total. The Bertz CT molecular complexity index is 397. The Labute approximate surface area is 108 Å². The fraction of sp³-hybridized carbons (Fsp3) is 0.500. The van der Waals surface area contributed by atoms with Gasteiger partial charge in [0.2, 0.25) is 5.91 Å². The van der Waals surface area contributed by atoms with Gasteiger partial charge in [-0.25, -0.2) is 0 Å². The first kappa shape index (κ1) is 12.9. The number of hydrogen-bond donors (Lipinski definition) is 2. The smallest absolute Gasteiger partial charge is 0.224 e. The maximum absolute atomic E-state index is 11.2. The van der Waals surface area contributed by atoms with Gasteiger partial charge in [-0.2, -0.15) is 0 Å². The molecule has 0 radical (unpaired) electrons. The first-order valence-corrected chi connectivity index (χ1v) is 6.30. The third kappa shape index (κ3) is 3.23. The minimum absolute atomic E-state index is 0.0395. The van der Waals surface area contributed by atoms with E-state index in [0.717, 1.165) is 24.1 Å². The molecule has 1 aliphatic rings. The van der Waals surface area contributed by atoms with Gasteiger partial charge in [0.1, 0.15) is 0 Å². The maximum atomic E-state index is 11.2. The van der Waals surface area contributed by atoms with E-state index < -0.39 is 0 Å². The van der Waals surface area contributed by atoms with Crippen LogP contribution in [0.4, 0.5) is 5.69 Å². The lowest BCUT2D eigenvalue weighted by Gasteiger charge is -2.35. The number of ether oxygens (including phenoxy) is 1. The largest absolute Gasteiger partial charge is 0.382 e. The highest BCUT2D eigenvalue weighted by molar-refractivity contribution is 5.78. The highest BCUT2D eigenvalue weighted by Gasteiger charge is 2.28. The first-order valence-electron chi connectivity index (χ1n) is 6.30. The molecule has 1 fully saturated rings. The summed E-state index contributed by atoms with van der Waals surface area (Å²) in [7, 11) is 3.41. The van der Waals surface area contributed by atoms with Crippen LogP contribution < -0.4 is 10.6 Å². The van der Waals surface area contributed by atoms with E-state index in [-0.39, 0.29) is 5.91 Å². The van der Waals surface area contributed by atoms with Crippen LogP contribution in [0, 0.1) is 0 Å². The SMILES string of the molecule is CNC(=O)Cc1ccc(NC2CC(OC)C2)cc1. The molecular weight excluding hydrogens is 228 g/mol. The molecule has 2 rings (SSSR count). The second-order valence-corrected chi connectivity index (χ2v) is 4.72. The average Bonchev–Trinajstić information content (AvgIpc) is 2.35. The van der Waals surface area contributed by atoms with Crippen molar-refractivity contribution >= 4 is 11.6 Å².